The normalized spacial score (nSPS) is 16.9. The van der Waals surface area contributed by atoms with E-state index in [1.165, 1.54) is 5.01 Å². The predicted molar refractivity (Wildman–Crippen MR) is 109 cm³/mol. The maximum Gasteiger partial charge on any atom is 0.260 e. The Morgan fingerprint density at radius 2 is 1.33 bits per heavy atom. The summed E-state index contributed by atoms with van der Waals surface area (Å²) in [5, 5.41) is 8.11. The molecule has 0 fully saturated rings. The van der Waals surface area contributed by atoms with Gasteiger partial charge in [-0.15, -0.1) is 0 Å². The second kappa shape index (κ2) is 6.02. The van der Waals surface area contributed by atoms with Crippen LogP contribution in [-0.4, -0.2) is 16.6 Å². The summed E-state index contributed by atoms with van der Waals surface area (Å²) in [5.41, 5.74) is 4.35. The Balaban J connectivity index is 1.76. The lowest BCUT2D eigenvalue weighted by Crippen LogP contribution is -2.26. The number of pyridine rings is 1. The Hall–Kier alpha value is -3.53. The quantitative estimate of drug-likeness (QED) is 0.483. The van der Waals surface area contributed by atoms with Crippen LogP contribution in [0.1, 0.15) is 18.4 Å². The summed E-state index contributed by atoms with van der Waals surface area (Å²) in [5.74, 6) is -0.441. The number of carbonyl (C=O) groups is 1. The molecule has 0 bridgehead atoms. The molecule has 0 saturated heterocycles. The molecule has 2 heterocycles. The molecule has 5 rings (SSSR count). The van der Waals surface area contributed by atoms with Gasteiger partial charge < -0.3 is 0 Å². The van der Waals surface area contributed by atoms with E-state index in [-0.39, 0.29) is 5.91 Å². The van der Waals surface area contributed by atoms with E-state index in [0.29, 0.717) is 0 Å². The molecule has 1 aliphatic heterocycles. The van der Waals surface area contributed by atoms with Gasteiger partial charge in [0.2, 0.25) is 0 Å². The van der Waals surface area contributed by atoms with Crippen LogP contribution in [0.25, 0.3) is 21.8 Å². The van der Waals surface area contributed by atoms with Gasteiger partial charge in [0.05, 0.1) is 22.4 Å². The third-order valence-electron chi connectivity index (χ3n) is 5.05. The third-order valence-corrected chi connectivity index (χ3v) is 5.05. The van der Waals surface area contributed by atoms with Gasteiger partial charge in [-0.3, -0.25) is 4.79 Å². The van der Waals surface area contributed by atoms with E-state index in [1.807, 2.05) is 85.8 Å². The molecule has 0 spiro atoms. The van der Waals surface area contributed by atoms with Crippen LogP contribution in [0.5, 0.6) is 0 Å². The summed E-state index contributed by atoms with van der Waals surface area (Å²) >= 11 is 0. The van der Waals surface area contributed by atoms with Crippen molar-refractivity contribution in [1.82, 2.24) is 4.98 Å². The molecule has 3 aromatic carbocycles. The van der Waals surface area contributed by atoms with Gasteiger partial charge in [0.15, 0.2) is 0 Å². The van der Waals surface area contributed by atoms with Crippen molar-refractivity contribution in [3.8, 4) is 0 Å². The number of rotatable bonds is 2. The van der Waals surface area contributed by atoms with E-state index >= 15 is 0 Å². The molecule has 1 aromatic heterocycles. The van der Waals surface area contributed by atoms with Crippen LogP contribution in [0.15, 0.2) is 84.0 Å². The van der Waals surface area contributed by atoms with Crippen LogP contribution in [0, 0.1) is 0 Å². The number of anilines is 1. The number of nitrogens with zero attached hydrogens (tertiary/aromatic N) is 3. The summed E-state index contributed by atoms with van der Waals surface area (Å²) in [4.78, 5) is 18.2. The van der Waals surface area contributed by atoms with Gasteiger partial charge >= 0.3 is 0 Å². The van der Waals surface area contributed by atoms with Gasteiger partial charge in [0, 0.05) is 10.8 Å². The summed E-state index contributed by atoms with van der Waals surface area (Å²) < 4.78 is 0. The number of amides is 1. The predicted octanol–water partition coefficient (Wildman–Crippen LogP) is 4.89. The Labute approximate surface area is 156 Å². The summed E-state index contributed by atoms with van der Waals surface area (Å²) in [6.07, 6.45) is 0. The minimum atomic E-state index is -0.414. The van der Waals surface area contributed by atoms with Crippen molar-refractivity contribution < 1.29 is 4.79 Å². The van der Waals surface area contributed by atoms with Crippen molar-refractivity contribution in [1.29, 1.82) is 0 Å². The van der Waals surface area contributed by atoms with Crippen LogP contribution in [0.3, 0.4) is 0 Å². The molecule has 4 nitrogen and oxygen atoms in total. The number of benzene rings is 3. The van der Waals surface area contributed by atoms with Gasteiger partial charge in [-0.05, 0) is 36.8 Å². The zero-order valence-electron chi connectivity index (χ0n) is 14.8. The summed E-state index contributed by atoms with van der Waals surface area (Å²) in [6.45, 7) is 1.93. The summed E-state index contributed by atoms with van der Waals surface area (Å²) in [7, 11) is 0. The van der Waals surface area contributed by atoms with Crippen molar-refractivity contribution in [2.45, 2.75) is 12.8 Å². The lowest BCUT2D eigenvalue weighted by atomic mass is 9.88. The van der Waals surface area contributed by atoms with E-state index in [4.69, 9.17) is 4.98 Å². The van der Waals surface area contributed by atoms with Crippen LogP contribution in [0.2, 0.25) is 0 Å². The van der Waals surface area contributed by atoms with E-state index < -0.39 is 5.92 Å². The molecule has 1 amide bonds. The first-order valence-electron chi connectivity index (χ1n) is 8.95. The van der Waals surface area contributed by atoms with E-state index in [2.05, 4.69) is 5.10 Å². The highest BCUT2D eigenvalue weighted by Gasteiger charge is 2.37. The number of hydrogen-bond donors (Lipinski definition) is 0. The number of para-hydroxylation sites is 3. The van der Waals surface area contributed by atoms with Crippen molar-refractivity contribution in [2.75, 3.05) is 5.01 Å². The molecule has 1 aliphatic rings. The lowest BCUT2D eigenvalue weighted by molar-refractivity contribution is -0.118. The highest BCUT2D eigenvalue weighted by Crippen LogP contribution is 2.37. The van der Waals surface area contributed by atoms with Crippen LogP contribution < -0.4 is 5.01 Å². The van der Waals surface area contributed by atoms with Crippen molar-refractivity contribution in [3.63, 3.8) is 0 Å². The Morgan fingerprint density at radius 3 is 1.96 bits per heavy atom. The Bertz CT molecular complexity index is 1160. The average molecular weight is 351 g/mol. The second-order valence-corrected chi connectivity index (χ2v) is 6.72. The Morgan fingerprint density at radius 1 is 0.778 bits per heavy atom. The fraction of sp³-hybridized carbons (Fsp3) is 0.0870. The SMILES string of the molecule is CC1=NN(c2ccccc2)C(=O)C1c1c2ccccc2nc2ccccc12. The highest BCUT2D eigenvalue weighted by atomic mass is 16.2. The molecule has 1 atom stereocenters. The molecule has 0 aliphatic carbocycles. The van der Waals surface area contributed by atoms with Crippen molar-refractivity contribution in [3.05, 3.63) is 84.4 Å². The zero-order valence-corrected chi connectivity index (χ0v) is 14.8. The number of hydrogen-bond acceptors (Lipinski definition) is 3. The molecular weight excluding hydrogens is 334 g/mol. The lowest BCUT2D eigenvalue weighted by Gasteiger charge is -2.18. The van der Waals surface area contributed by atoms with Gasteiger partial charge in [-0.25, -0.2) is 4.98 Å². The number of carbonyl (C=O) groups excluding carboxylic acids is 1. The minimum absolute atomic E-state index is 0.0276. The van der Waals surface area contributed by atoms with Crippen LogP contribution >= 0.6 is 0 Å². The van der Waals surface area contributed by atoms with Gasteiger partial charge in [0.1, 0.15) is 5.92 Å². The maximum absolute atomic E-state index is 13.4. The molecule has 130 valence electrons. The van der Waals surface area contributed by atoms with Gasteiger partial charge in [-0.2, -0.15) is 10.1 Å². The molecule has 27 heavy (non-hydrogen) atoms. The third kappa shape index (κ3) is 2.41. The number of aromatic nitrogens is 1. The van der Waals surface area contributed by atoms with Crippen molar-refractivity contribution in [2.24, 2.45) is 5.10 Å². The molecule has 0 radical (unpaired) electrons. The Kier molecular flexibility index (Phi) is 3.50. The van der Waals surface area contributed by atoms with Gasteiger partial charge in [0.25, 0.3) is 5.91 Å². The average Bonchev–Trinajstić information content (AvgIpc) is 3.01. The molecule has 1 unspecified atom stereocenters. The van der Waals surface area contributed by atoms with Crippen LogP contribution in [-0.2, 0) is 4.79 Å². The smallest absolute Gasteiger partial charge is 0.260 e. The van der Waals surface area contributed by atoms with E-state index in [0.717, 1.165) is 38.8 Å². The largest absolute Gasteiger partial charge is 0.271 e. The fourth-order valence-electron chi connectivity index (χ4n) is 3.84. The maximum atomic E-state index is 13.4. The van der Waals surface area contributed by atoms with Crippen LogP contribution in [0.4, 0.5) is 5.69 Å². The first kappa shape index (κ1) is 15.7. The van der Waals surface area contributed by atoms with Gasteiger partial charge in [-0.1, -0.05) is 54.6 Å². The first-order chi connectivity index (χ1) is 13.2. The standard InChI is InChI=1S/C23H17N3O/c1-15-21(23(27)26(25-15)16-9-3-2-4-10-16)22-17-11-5-7-13-19(17)24-20-14-8-6-12-18(20)22/h2-14,21H,1H3. The second-order valence-electron chi connectivity index (χ2n) is 6.72. The highest BCUT2D eigenvalue weighted by molar-refractivity contribution is 6.22. The zero-order chi connectivity index (χ0) is 18.4. The molecule has 4 heteroatoms. The monoisotopic (exact) mass is 351 g/mol. The van der Waals surface area contributed by atoms with E-state index in [1.54, 1.807) is 0 Å². The molecule has 4 aromatic rings. The number of fused-ring (bicyclic) bond motifs is 2. The molecular formula is C23H17N3O. The number of hydrazone groups is 1. The molecule has 0 saturated carbocycles. The first-order valence-corrected chi connectivity index (χ1v) is 8.95. The van der Waals surface area contributed by atoms with E-state index in [9.17, 15) is 4.79 Å². The topological polar surface area (TPSA) is 45.6 Å². The van der Waals surface area contributed by atoms with Crippen molar-refractivity contribution >= 4 is 39.1 Å². The minimum Gasteiger partial charge on any atom is -0.271 e. The fourth-order valence-corrected chi connectivity index (χ4v) is 3.84. The summed E-state index contributed by atoms with van der Waals surface area (Å²) in [6, 6.07) is 25.6. The molecule has 0 N–H and O–H groups in total.